The highest BCUT2D eigenvalue weighted by atomic mass is 16.1. The molecule has 19 heavy (non-hydrogen) atoms. The number of nitrogens with one attached hydrogen (secondary N) is 1. The van der Waals surface area contributed by atoms with Crippen LogP contribution in [0, 0.1) is 5.92 Å². The van der Waals surface area contributed by atoms with E-state index >= 15 is 0 Å². The third-order valence-corrected chi connectivity index (χ3v) is 3.57. The zero-order valence-corrected chi connectivity index (χ0v) is 10.7. The molecule has 0 aliphatic heterocycles. The molecule has 0 bridgehead atoms. The van der Waals surface area contributed by atoms with Gasteiger partial charge in [0.25, 0.3) is 0 Å². The minimum Gasteiger partial charge on any atom is -0.326 e. The summed E-state index contributed by atoms with van der Waals surface area (Å²) in [6.45, 7) is 0.722. The third kappa shape index (κ3) is 2.84. The van der Waals surface area contributed by atoms with Crippen LogP contribution in [0.5, 0.6) is 0 Å². The summed E-state index contributed by atoms with van der Waals surface area (Å²) in [5.41, 5.74) is 2.01. The molecule has 0 atom stereocenters. The van der Waals surface area contributed by atoms with Gasteiger partial charge in [0.05, 0.1) is 6.54 Å². The van der Waals surface area contributed by atoms with Crippen LogP contribution in [-0.2, 0) is 11.3 Å². The summed E-state index contributed by atoms with van der Waals surface area (Å²) in [6.07, 6.45) is 6.93. The normalized spacial score (nSPS) is 14.9. The van der Waals surface area contributed by atoms with Gasteiger partial charge < -0.3 is 5.32 Å². The highest BCUT2D eigenvalue weighted by molar-refractivity contribution is 5.93. The maximum Gasteiger partial charge on any atom is 0.227 e. The number of amides is 1. The summed E-state index contributed by atoms with van der Waals surface area (Å²) < 4.78 is 1.87. The van der Waals surface area contributed by atoms with Gasteiger partial charge in [0, 0.05) is 24.0 Å². The van der Waals surface area contributed by atoms with E-state index < -0.39 is 0 Å². The van der Waals surface area contributed by atoms with Crippen LogP contribution in [0.4, 0.5) is 5.69 Å². The number of rotatable bonds is 4. The summed E-state index contributed by atoms with van der Waals surface area (Å²) >= 11 is 0. The van der Waals surface area contributed by atoms with Gasteiger partial charge in [-0.2, -0.15) is 5.10 Å². The molecule has 1 N–H and O–H groups in total. The van der Waals surface area contributed by atoms with E-state index in [-0.39, 0.29) is 11.8 Å². The average molecular weight is 255 g/mol. The van der Waals surface area contributed by atoms with Gasteiger partial charge in [-0.1, -0.05) is 18.6 Å². The molecule has 4 heteroatoms. The zero-order valence-electron chi connectivity index (χ0n) is 10.7. The average Bonchev–Trinajstić information content (AvgIpc) is 2.79. The van der Waals surface area contributed by atoms with Crippen LogP contribution in [0.3, 0.4) is 0 Å². The van der Waals surface area contributed by atoms with Crippen LogP contribution >= 0.6 is 0 Å². The number of benzene rings is 1. The molecule has 1 amide bonds. The molecular weight excluding hydrogens is 238 g/mol. The second-order valence-electron chi connectivity index (χ2n) is 5.02. The third-order valence-electron chi connectivity index (χ3n) is 3.57. The van der Waals surface area contributed by atoms with E-state index in [1.54, 1.807) is 6.20 Å². The molecule has 2 aromatic rings. The molecule has 1 heterocycles. The maximum absolute atomic E-state index is 11.9. The summed E-state index contributed by atoms with van der Waals surface area (Å²) in [6, 6.07) is 9.86. The Labute approximate surface area is 112 Å². The summed E-state index contributed by atoms with van der Waals surface area (Å²) in [7, 11) is 0. The van der Waals surface area contributed by atoms with Gasteiger partial charge >= 0.3 is 0 Å². The first kappa shape index (κ1) is 12.0. The van der Waals surface area contributed by atoms with Crippen molar-refractivity contribution in [3.05, 3.63) is 48.3 Å². The molecule has 1 aliphatic rings. The first-order chi connectivity index (χ1) is 9.31. The quantitative estimate of drug-likeness (QED) is 0.913. The van der Waals surface area contributed by atoms with Crippen LogP contribution in [0.15, 0.2) is 42.7 Å². The maximum atomic E-state index is 11.9. The molecule has 4 nitrogen and oxygen atoms in total. The summed E-state index contributed by atoms with van der Waals surface area (Å²) in [4.78, 5) is 11.9. The number of anilines is 1. The van der Waals surface area contributed by atoms with Crippen molar-refractivity contribution in [2.24, 2.45) is 5.92 Å². The van der Waals surface area contributed by atoms with Gasteiger partial charge in [-0.25, -0.2) is 0 Å². The molecule has 0 radical (unpaired) electrons. The Morgan fingerprint density at radius 3 is 2.95 bits per heavy atom. The summed E-state index contributed by atoms with van der Waals surface area (Å²) in [5.74, 6) is 0.372. The standard InChI is InChI=1S/C15H17N3O/c19-15(13-5-2-6-13)17-14-7-1-4-12(10-14)11-18-9-3-8-16-18/h1,3-4,7-10,13H,2,5-6,11H2,(H,17,19). The largest absolute Gasteiger partial charge is 0.326 e. The van der Waals surface area contributed by atoms with E-state index in [2.05, 4.69) is 10.4 Å². The van der Waals surface area contributed by atoms with Crippen molar-refractivity contribution in [3.8, 4) is 0 Å². The Balaban J connectivity index is 1.67. The molecule has 0 spiro atoms. The smallest absolute Gasteiger partial charge is 0.227 e. The molecule has 1 fully saturated rings. The lowest BCUT2D eigenvalue weighted by atomic mass is 9.85. The Morgan fingerprint density at radius 1 is 1.37 bits per heavy atom. The SMILES string of the molecule is O=C(Nc1cccc(Cn2cccn2)c1)C1CCC1. The molecule has 98 valence electrons. The van der Waals surface area contributed by atoms with Gasteiger partial charge in [0.1, 0.15) is 0 Å². The van der Waals surface area contributed by atoms with E-state index in [4.69, 9.17) is 0 Å². The Bertz CT molecular complexity index is 559. The van der Waals surface area contributed by atoms with Crippen molar-refractivity contribution in [2.45, 2.75) is 25.8 Å². The monoisotopic (exact) mass is 255 g/mol. The minimum atomic E-state index is 0.155. The van der Waals surface area contributed by atoms with E-state index in [1.807, 2.05) is 41.2 Å². The lowest BCUT2D eigenvalue weighted by Gasteiger charge is -2.24. The van der Waals surface area contributed by atoms with Crippen molar-refractivity contribution in [2.75, 3.05) is 5.32 Å². The van der Waals surface area contributed by atoms with Crippen LogP contribution in [-0.4, -0.2) is 15.7 Å². The molecule has 1 aromatic heterocycles. The molecule has 1 saturated carbocycles. The van der Waals surface area contributed by atoms with Crippen molar-refractivity contribution in [1.29, 1.82) is 0 Å². The number of hydrogen-bond acceptors (Lipinski definition) is 2. The van der Waals surface area contributed by atoms with Gasteiger partial charge in [0.2, 0.25) is 5.91 Å². The predicted molar refractivity (Wildman–Crippen MR) is 73.7 cm³/mol. The van der Waals surface area contributed by atoms with Gasteiger partial charge in [-0.05, 0) is 36.6 Å². The first-order valence-corrected chi connectivity index (χ1v) is 6.68. The lowest BCUT2D eigenvalue weighted by molar-refractivity contribution is -0.122. The topological polar surface area (TPSA) is 46.9 Å². The molecular formula is C15H17N3O. The van der Waals surface area contributed by atoms with Crippen molar-refractivity contribution >= 4 is 11.6 Å². The van der Waals surface area contributed by atoms with Crippen LogP contribution in [0.2, 0.25) is 0 Å². The van der Waals surface area contributed by atoms with Gasteiger partial charge in [-0.15, -0.1) is 0 Å². The predicted octanol–water partition coefficient (Wildman–Crippen LogP) is 2.67. The second kappa shape index (κ2) is 5.26. The minimum absolute atomic E-state index is 0.155. The fourth-order valence-electron chi connectivity index (χ4n) is 2.24. The number of carbonyl (C=O) groups is 1. The fourth-order valence-corrected chi connectivity index (χ4v) is 2.24. The van der Waals surface area contributed by atoms with Crippen molar-refractivity contribution in [1.82, 2.24) is 9.78 Å². The number of aromatic nitrogens is 2. The van der Waals surface area contributed by atoms with Gasteiger partial charge in [-0.3, -0.25) is 9.48 Å². The highest BCUT2D eigenvalue weighted by Crippen LogP contribution is 2.27. The van der Waals surface area contributed by atoms with E-state index in [1.165, 1.54) is 6.42 Å². The lowest BCUT2D eigenvalue weighted by Crippen LogP contribution is -2.28. The summed E-state index contributed by atoms with van der Waals surface area (Å²) in [5, 5.41) is 7.18. The number of carbonyl (C=O) groups excluding carboxylic acids is 1. The van der Waals surface area contributed by atoms with E-state index in [0.29, 0.717) is 0 Å². The fraction of sp³-hybridized carbons (Fsp3) is 0.333. The molecule has 1 aromatic carbocycles. The molecule has 1 aliphatic carbocycles. The highest BCUT2D eigenvalue weighted by Gasteiger charge is 2.25. The zero-order chi connectivity index (χ0) is 13.1. The van der Waals surface area contributed by atoms with Crippen molar-refractivity contribution < 1.29 is 4.79 Å². The van der Waals surface area contributed by atoms with Crippen LogP contribution in [0.25, 0.3) is 0 Å². The van der Waals surface area contributed by atoms with Crippen molar-refractivity contribution in [3.63, 3.8) is 0 Å². The molecule has 3 rings (SSSR count). The van der Waals surface area contributed by atoms with E-state index in [9.17, 15) is 4.79 Å². The molecule has 0 unspecified atom stereocenters. The van der Waals surface area contributed by atoms with Crippen LogP contribution in [0.1, 0.15) is 24.8 Å². The first-order valence-electron chi connectivity index (χ1n) is 6.68. The van der Waals surface area contributed by atoms with Gasteiger partial charge in [0.15, 0.2) is 0 Å². The Kier molecular flexibility index (Phi) is 3.31. The van der Waals surface area contributed by atoms with E-state index in [0.717, 1.165) is 30.6 Å². The Morgan fingerprint density at radius 2 is 2.26 bits per heavy atom. The Hall–Kier alpha value is -2.10. The second-order valence-corrected chi connectivity index (χ2v) is 5.02. The number of nitrogens with zero attached hydrogens (tertiary/aromatic N) is 2. The van der Waals surface area contributed by atoms with Crippen LogP contribution < -0.4 is 5.32 Å². The molecule has 0 saturated heterocycles. The number of hydrogen-bond donors (Lipinski definition) is 1.